The molecule has 20 heavy (non-hydrogen) atoms. The first-order valence-corrected chi connectivity index (χ1v) is 7.45. The van der Waals surface area contributed by atoms with Gasteiger partial charge in [0.2, 0.25) is 0 Å². The number of ether oxygens (including phenoxy) is 1. The Morgan fingerprint density at radius 2 is 2.05 bits per heavy atom. The number of benzene rings is 1. The summed E-state index contributed by atoms with van der Waals surface area (Å²) in [5.74, 6) is 0.840. The molecule has 0 amide bonds. The zero-order valence-corrected chi connectivity index (χ0v) is 13.4. The number of para-hydroxylation sites is 2. The molecule has 0 fully saturated rings. The normalized spacial score (nSPS) is 10.4. The standard InChI is InChI=1S/C15H25N3OS/c1-4-12-19-14-9-6-5-8-13(14)17-15(20)16-10-7-11-18(2)3/h5-6,8-9H,4,7,10-12H2,1-3H3,(H2,16,17,20). The van der Waals surface area contributed by atoms with Crippen molar-refractivity contribution in [2.45, 2.75) is 19.8 Å². The fourth-order valence-corrected chi connectivity index (χ4v) is 1.88. The maximum absolute atomic E-state index is 5.69. The Bertz CT molecular complexity index is 410. The Labute approximate surface area is 127 Å². The van der Waals surface area contributed by atoms with Gasteiger partial charge >= 0.3 is 0 Å². The summed E-state index contributed by atoms with van der Waals surface area (Å²) in [5, 5.41) is 7.03. The molecular weight excluding hydrogens is 270 g/mol. The van der Waals surface area contributed by atoms with Crippen LogP contribution >= 0.6 is 12.2 Å². The molecule has 0 spiro atoms. The Balaban J connectivity index is 2.41. The van der Waals surface area contributed by atoms with Gasteiger partial charge in [-0.2, -0.15) is 0 Å². The number of anilines is 1. The summed E-state index contributed by atoms with van der Waals surface area (Å²) in [6.07, 6.45) is 2.05. The molecule has 1 rings (SSSR count). The average Bonchev–Trinajstić information content (AvgIpc) is 2.42. The molecule has 0 aliphatic heterocycles. The Hall–Kier alpha value is -1.33. The predicted molar refractivity (Wildman–Crippen MR) is 89.6 cm³/mol. The maximum Gasteiger partial charge on any atom is 0.170 e. The smallest absolute Gasteiger partial charge is 0.170 e. The molecule has 112 valence electrons. The Morgan fingerprint density at radius 3 is 2.75 bits per heavy atom. The van der Waals surface area contributed by atoms with Crippen LogP contribution in [0.2, 0.25) is 0 Å². The molecule has 0 atom stereocenters. The van der Waals surface area contributed by atoms with Gasteiger partial charge in [-0.15, -0.1) is 0 Å². The Morgan fingerprint density at radius 1 is 1.30 bits per heavy atom. The van der Waals surface area contributed by atoms with Gasteiger partial charge in [0, 0.05) is 6.54 Å². The van der Waals surface area contributed by atoms with Crippen molar-refractivity contribution >= 4 is 23.0 Å². The van der Waals surface area contributed by atoms with Crippen LogP contribution in [0.15, 0.2) is 24.3 Å². The molecule has 0 unspecified atom stereocenters. The third-order valence-corrected chi connectivity index (χ3v) is 2.91. The molecule has 0 aliphatic carbocycles. The van der Waals surface area contributed by atoms with Crippen molar-refractivity contribution in [1.29, 1.82) is 0 Å². The summed E-state index contributed by atoms with van der Waals surface area (Å²) in [6.45, 7) is 4.71. The fourth-order valence-electron chi connectivity index (χ4n) is 1.67. The van der Waals surface area contributed by atoms with E-state index in [0.717, 1.165) is 37.4 Å². The molecule has 2 N–H and O–H groups in total. The van der Waals surface area contributed by atoms with E-state index < -0.39 is 0 Å². The molecule has 1 aromatic carbocycles. The highest BCUT2D eigenvalue weighted by molar-refractivity contribution is 7.80. The van der Waals surface area contributed by atoms with E-state index in [2.05, 4.69) is 36.6 Å². The number of thiocarbonyl (C=S) groups is 1. The zero-order chi connectivity index (χ0) is 14.8. The monoisotopic (exact) mass is 295 g/mol. The molecule has 1 aromatic rings. The van der Waals surface area contributed by atoms with Crippen LogP contribution in [0, 0.1) is 0 Å². The summed E-state index contributed by atoms with van der Waals surface area (Å²) in [4.78, 5) is 2.16. The summed E-state index contributed by atoms with van der Waals surface area (Å²) in [7, 11) is 4.13. The van der Waals surface area contributed by atoms with Crippen LogP contribution in [0.5, 0.6) is 5.75 Å². The molecule has 0 saturated heterocycles. The molecule has 0 heterocycles. The predicted octanol–water partition coefficient (Wildman–Crippen LogP) is 2.71. The van der Waals surface area contributed by atoms with Crippen molar-refractivity contribution in [2.24, 2.45) is 0 Å². The number of nitrogens with zero attached hydrogens (tertiary/aromatic N) is 1. The van der Waals surface area contributed by atoms with Crippen molar-refractivity contribution in [3.05, 3.63) is 24.3 Å². The lowest BCUT2D eigenvalue weighted by atomic mass is 10.3. The van der Waals surface area contributed by atoms with Crippen LogP contribution in [0.1, 0.15) is 19.8 Å². The van der Waals surface area contributed by atoms with E-state index >= 15 is 0 Å². The zero-order valence-electron chi connectivity index (χ0n) is 12.6. The first kappa shape index (κ1) is 16.7. The van der Waals surface area contributed by atoms with Gasteiger partial charge in [-0.3, -0.25) is 0 Å². The van der Waals surface area contributed by atoms with E-state index in [1.807, 2.05) is 24.3 Å². The lowest BCUT2D eigenvalue weighted by Crippen LogP contribution is -2.31. The third kappa shape index (κ3) is 6.73. The molecule has 5 heteroatoms. The van der Waals surface area contributed by atoms with Crippen molar-refractivity contribution in [1.82, 2.24) is 10.2 Å². The topological polar surface area (TPSA) is 36.5 Å². The lowest BCUT2D eigenvalue weighted by molar-refractivity contribution is 0.319. The van der Waals surface area contributed by atoms with Crippen molar-refractivity contribution < 1.29 is 4.74 Å². The van der Waals surface area contributed by atoms with Crippen molar-refractivity contribution in [2.75, 3.05) is 39.1 Å². The van der Waals surface area contributed by atoms with Gasteiger partial charge in [0.15, 0.2) is 5.11 Å². The van der Waals surface area contributed by atoms with Gasteiger partial charge in [-0.1, -0.05) is 19.1 Å². The van der Waals surface area contributed by atoms with E-state index in [1.54, 1.807) is 0 Å². The highest BCUT2D eigenvalue weighted by atomic mass is 32.1. The highest BCUT2D eigenvalue weighted by Crippen LogP contribution is 2.23. The maximum atomic E-state index is 5.69. The van der Waals surface area contributed by atoms with Crippen molar-refractivity contribution in [3.63, 3.8) is 0 Å². The van der Waals surface area contributed by atoms with E-state index in [4.69, 9.17) is 17.0 Å². The molecule has 4 nitrogen and oxygen atoms in total. The molecule has 0 radical (unpaired) electrons. The number of rotatable bonds is 8. The minimum Gasteiger partial charge on any atom is -0.491 e. The largest absolute Gasteiger partial charge is 0.491 e. The summed E-state index contributed by atoms with van der Waals surface area (Å²) >= 11 is 5.30. The fraction of sp³-hybridized carbons (Fsp3) is 0.533. The first-order valence-electron chi connectivity index (χ1n) is 7.05. The van der Waals surface area contributed by atoms with Gasteiger partial charge in [-0.05, 0) is 57.8 Å². The van der Waals surface area contributed by atoms with Gasteiger partial charge in [-0.25, -0.2) is 0 Å². The second kappa shape index (κ2) is 9.55. The molecule has 0 bridgehead atoms. The average molecular weight is 295 g/mol. The minimum absolute atomic E-state index is 0.635. The molecule has 0 aliphatic rings. The third-order valence-electron chi connectivity index (χ3n) is 2.66. The summed E-state index contributed by atoms with van der Waals surface area (Å²) < 4.78 is 5.69. The van der Waals surface area contributed by atoms with Gasteiger partial charge in [0.25, 0.3) is 0 Å². The second-order valence-corrected chi connectivity index (χ2v) is 5.29. The molecule has 0 aromatic heterocycles. The summed E-state index contributed by atoms with van der Waals surface area (Å²) in [5.41, 5.74) is 0.908. The van der Waals surface area contributed by atoms with Crippen LogP contribution in [0.4, 0.5) is 5.69 Å². The molecule has 0 saturated carbocycles. The van der Waals surface area contributed by atoms with Crippen LogP contribution in [-0.4, -0.2) is 43.8 Å². The summed E-state index contributed by atoms with van der Waals surface area (Å²) in [6, 6.07) is 7.85. The number of nitrogens with one attached hydrogen (secondary N) is 2. The van der Waals surface area contributed by atoms with Gasteiger partial charge in [0.1, 0.15) is 5.75 Å². The Kier molecular flexibility index (Phi) is 7.99. The SMILES string of the molecule is CCCOc1ccccc1NC(=S)NCCCN(C)C. The lowest BCUT2D eigenvalue weighted by Gasteiger charge is -2.15. The van der Waals surface area contributed by atoms with E-state index in [-0.39, 0.29) is 0 Å². The first-order chi connectivity index (χ1) is 9.63. The van der Waals surface area contributed by atoms with E-state index in [1.165, 1.54) is 0 Å². The van der Waals surface area contributed by atoms with Gasteiger partial charge in [0.05, 0.1) is 12.3 Å². The van der Waals surface area contributed by atoms with Crippen LogP contribution in [0.25, 0.3) is 0 Å². The van der Waals surface area contributed by atoms with Crippen molar-refractivity contribution in [3.8, 4) is 5.75 Å². The quantitative estimate of drug-likeness (QED) is 0.570. The number of hydrogen-bond acceptors (Lipinski definition) is 3. The van der Waals surface area contributed by atoms with Crippen LogP contribution in [-0.2, 0) is 0 Å². The van der Waals surface area contributed by atoms with E-state index in [0.29, 0.717) is 11.7 Å². The van der Waals surface area contributed by atoms with Crippen LogP contribution < -0.4 is 15.4 Å². The second-order valence-electron chi connectivity index (χ2n) is 4.88. The molecular formula is C15H25N3OS. The van der Waals surface area contributed by atoms with E-state index in [9.17, 15) is 0 Å². The number of hydrogen-bond donors (Lipinski definition) is 2. The van der Waals surface area contributed by atoms with Crippen LogP contribution in [0.3, 0.4) is 0 Å². The van der Waals surface area contributed by atoms with Gasteiger partial charge < -0.3 is 20.3 Å². The highest BCUT2D eigenvalue weighted by Gasteiger charge is 2.04. The minimum atomic E-state index is 0.635.